The second-order valence-electron chi connectivity index (χ2n) is 7.17. The SMILES string of the molecule is CCOc1ccc(C(=O)NCC(=O)N/N=C\c2c3ccccc3cc3ccccc23)cc1. The Morgan fingerprint density at radius 3 is 2.16 bits per heavy atom. The monoisotopic (exact) mass is 425 g/mol. The van der Waals surface area contributed by atoms with Crippen LogP contribution in [0.5, 0.6) is 5.75 Å². The number of rotatable bonds is 7. The molecule has 0 heterocycles. The van der Waals surface area contributed by atoms with Gasteiger partial charge in [0.25, 0.3) is 11.8 Å². The zero-order valence-electron chi connectivity index (χ0n) is 17.7. The number of fused-ring (bicyclic) bond motifs is 2. The van der Waals surface area contributed by atoms with Gasteiger partial charge in [0, 0.05) is 11.1 Å². The van der Waals surface area contributed by atoms with Crippen molar-refractivity contribution in [3.05, 3.63) is 90.0 Å². The zero-order valence-corrected chi connectivity index (χ0v) is 17.7. The maximum absolute atomic E-state index is 12.2. The van der Waals surface area contributed by atoms with Crippen molar-refractivity contribution in [3.63, 3.8) is 0 Å². The van der Waals surface area contributed by atoms with E-state index in [1.165, 1.54) is 0 Å². The molecule has 6 nitrogen and oxygen atoms in total. The van der Waals surface area contributed by atoms with Crippen molar-refractivity contribution in [1.82, 2.24) is 10.7 Å². The number of hydrogen-bond acceptors (Lipinski definition) is 4. The maximum atomic E-state index is 12.2. The summed E-state index contributed by atoms with van der Waals surface area (Å²) >= 11 is 0. The lowest BCUT2D eigenvalue weighted by atomic mass is 9.97. The third kappa shape index (κ3) is 4.75. The molecular weight excluding hydrogens is 402 g/mol. The Morgan fingerprint density at radius 1 is 0.906 bits per heavy atom. The second kappa shape index (κ2) is 9.75. The topological polar surface area (TPSA) is 79.8 Å². The van der Waals surface area contributed by atoms with Crippen LogP contribution in [0.2, 0.25) is 0 Å². The minimum Gasteiger partial charge on any atom is -0.494 e. The molecule has 0 radical (unpaired) electrons. The van der Waals surface area contributed by atoms with E-state index in [-0.39, 0.29) is 12.5 Å². The van der Waals surface area contributed by atoms with Crippen LogP contribution in [-0.4, -0.2) is 31.2 Å². The molecule has 0 spiro atoms. The Morgan fingerprint density at radius 2 is 1.53 bits per heavy atom. The predicted molar refractivity (Wildman–Crippen MR) is 127 cm³/mol. The van der Waals surface area contributed by atoms with Gasteiger partial charge >= 0.3 is 0 Å². The lowest BCUT2D eigenvalue weighted by Gasteiger charge is -2.08. The molecule has 0 saturated heterocycles. The quantitative estimate of drug-likeness (QED) is 0.264. The number of carbonyl (C=O) groups excluding carboxylic acids is 2. The van der Waals surface area contributed by atoms with Gasteiger partial charge in [-0.3, -0.25) is 9.59 Å². The normalized spacial score (nSPS) is 11.0. The minimum atomic E-state index is -0.412. The first-order chi connectivity index (χ1) is 15.7. The molecule has 0 bridgehead atoms. The lowest BCUT2D eigenvalue weighted by molar-refractivity contribution is -0.120. The van der Waals surface area contributed by atoms with Crippen molar-refractivity contribution in [2.45, 2.75) is 6.92 Å². The fourth-order valence-electron chi connectivity index (χ4n) is 3.53. The van der Waals surface area contributed by atoms with Crippen molar-refractivity contribution in [2.75, 3.05) is 13.2 Å². The molecule has 0 fully saturated rings. The Bertz CT molecular complexity index is 1240. The second-order valence-corrected chi connectivity index (χ2v) is 7.17. The highest BCUT2D eigenvalue weighted by atomic mass is 16.5. The van der Waals surface area contributed by atoms with Crippen LogP contribution in [0.4, 0.5) is 0 Å². The van der Waals surface area contributed by atoms with Crippen molar-refractivity contribution >= 4 is 39.6 Å². The molecule has 0 aliphatic heterocycles. The molecule has 6 heteroatoms. The van der Waals surface area contributed by atoms with Gasteiger partial charge in [0.05, 0.1) is 19.4 Å². The summed E-state index contributed by atoms with van der Waals surface area (Å²) in [6, 6.07) is 25.0. The van der Waals surface area contributed by atoms with Crippen molar-refractivity contribution in [1.29, 1.82) is 0 Å². The van der Waals surface area contributed by atoms with E-state index in [2.05, 4.69) is 21.9 Å². The molecule has 2 amide bonds. The van der Waals surface area contributed by atoms with Gasteiger partial charge in [-0.2, -0.15) is 5.10 Å². The third-order valence-corrected chi connectivity index (χ3v) is 5.03. The predicted octanol–water partition coefficient (Wildman–Crippen LogP) is 4.27. The van der Waals surface area contributed by atoms with Gasteiger partial charge in [-0.05, 0) is 58.8 Å². The highest BCUT2D eigenvalue weighted by molar-refractivity contribution is 6.13. The van der Waals surface area contributed by atoms with Crippen LogP contribution in [-0.2, 0) is 4.79 Å². The Balaban J connectivity index is 1.41. The van der Waals surface area contributed by atoms with E-state index >= 15 is 0 Å². The fraction of sp³-hybridized carbons (Fsp3) is 0.115. The molecule has 32 heavy (non-hydrogen) atoms. The number of benzene rings is 4. The van der Waals surface area contributed by atoms with Crippen LogP contribution in [0.15, 0.2) is 84.0 Å². The molecule has 4 rings (SSSR count). The summed E-state index contributed by atoms with van der Waals surface area (Å²) < 4.78 is 5.36. The summed E-state index contributed by atoms with van der Waals surface area (Å²) in [5, 5.41) is 11.0. The first-order valence-corrected chi connectivity index (χ1v) is 10.4. The van der Waals surface area contributed by atoms with Crippen LogP contribution < -0.4 is 15.5 Å². The highest BCUT2D eigenvalue weighted by Crippen LogP contribution is 2.27. The van der Waals surface area contributed by atoms with Crippen LogP contribution in [0.1, 0.15) is 22.8 Å². The molecule has 4 aromatic rings. The van der Waals surface area contributed by atoms with E-state index < -0.39 is 5.91 Å². The summed E-state index contributed by atoms with van der Waals surface area (Å²) in [5.74, 6) is -0.0607. The molecule has 0 aromatic heterocycles. The molecule has 4 aromatic carbocycles. The number of carbonyl (C=O) groups is 2. The summed E-state index contributed by atoms with van der Waals surface area (Å²) in [6.45, 7) is 2.27. The number of hydrogen-bond donors (Lipinski definition) is 2. The Hall–Kier alpha value is -4.19. The van der Waals surface area contributed by atoms with E-state index in [4.69, 9.17) is 4.74 Å². The number of hydrazone groups is 1. The van der Waals surface area contributed by atoms with E-state index in [9.17, 15) is 9.59 Å². The van der Waals surface area contributed by atoms with Gasteiger partial charge in [0.2, 0.25) is 0 Å². The van der Waals surface area contributed by atoms with E-state index in [1.807, 2.05) is 55.5 Å². The Labute approximate surface area is 185 Å². The van der Waals surface area contributed by atoms with Crippen molar-refractivity contribution in [3.8, 4) is 5.75 Å². The number of nitrogens with zero attached hydrogens (tertiary/aromatic N) is 1. The van der Waals surface area contributed by atoms with Gasteiger partial charge < -0.3 is 10.1 Å². The van der Waals surface area contributed by atoms with Gasteiger partial charge in [-0.25, -0.2) is 5.43 Å². The van der Waals surface area contributed by atoms with Crippen LogP contribution in [0.3, 0.4) is 0 Å². The van der Waals surface area contributed by atoms with E-state index in [0.717, 1.165) is 27.1 Å². The van der Waals surface area contributed by atoms with Gasteiger partial charge in [0.1, 0.15) is 5.75 Å². The molecule has 0 unspecified atom stereocenters. The molecule has 0 aliphatic carbocycles. The number of amides is 2. The number of ether oxygens (including phenoxy) is 1. The molecule has 0 atom stereocenters. The molecule has 0 saturated carbocycles. The lowest BCUT2D eigenvalue weighted by Crippen LogP contribution is -2.34. The molecular formula is C26H23N3O3. The number of nitrogens with one attached hydrogen (secondary N) is 2. The summed E-state index contributed by atoms with van der Waals surface area (Å²) in [4.78, 5) is 24.4. The minimum absolute atomic E-state index is 0.181. The average Bonchev–Trinajstić information content (AvgIpc) is 2.82. The molecule has 2 N–H and O–H groups in total. The first kappa shape index (κ1) is 21.1. The van der Waals surface area contributed by atoms with Crippen molar-refractivity contribution in [2.24, 2.45) is 5.10 Å². The average molecular weight is 425 g/mol. The van der Waals surface area contributed by atoms with Gasteiger partial charge in [0.15, 0.2) is 0 Å². The summed E-state index contributed by atoms with van der Waals surface area (Å²) in [7, 11) is 0. The smallest absolute Gasteiger partial charge is 0.259 e. The fourth-order valence-corrected chi connectivity index (χ4v) is 3.53. The first-order valence-electron chi connectivity index (χ1n) is 10.4. The summed E-state index contributed by atoms with van der Waals surface area (Å²) in [6.07, 6.45) is 1.65. The highest BCUT2D eigenvalue weighted by Gasteiger charge is 2.09. The largest absolute Gasteiger partial charge is 0.494 e. The van der Waals surface area contributed by atoms with E-state index in [0.29, 0.717) is 17.9 Å². The third-order valence-electron chi connectivity index (χ3n) is 5.03. The van der Waals surface area contributed by atoms with Crippen LogP contribution in [0, 0.1) is 0 Å². The Kier molecular flexibility index (Phi) is 6.41. The molecule has 160 valence electrons. The summed E-state index contributed by atoms with van der Waals surface area (Å²) in [5.41, 5.74) is 3.87. The van der Waals surface area contributed by atoms with Crippen LogP contribution in [0.25, 0.3) is 21.5 Å². The molecule has 0 aliphatic rings. The van der Waals surface area contributed by atoms with Crippen LogP contribution >= 0.6 is 0 Å². The van der Waals surface area contributed by atoms with Crippen molar-refractivity contribution < 1.29 is 14.3 Å². The standard InChI is InChI=1S/C26H23N3O3/c1-2-32-21-13-11-18(12-14-21)26(31)27-17-25(30)29-28-16-24-22-9-5-3-7-19(22)15-20-8-4-6-10-23(20)24/h3-16H,2,17H2,1H3,(H,27,31)(H,29,30)/b28-16-. The zero-order chi connectivity index (χ0) is 22.3. The maximum Gasteiger partial charge on any atom is 0.259 e. The van der Waals surface area contributed by atoms with Gasteiger partial charge in [-0.1, -0.05) is 48.5 Å². The van der Waals surface area contributed by atoms with Gasteiger partial charge in [-0.15, -0.1) is 0 Å². The van der Waals surface area contributed by atoms with E-state index in [1.54, 1.807) is 30.5 Å².